The van der Waals surface area contributed by atoms with Crippen LogP contribution in [0, 0.1) is 0 Å². The molecule has 86 valence electrons. The Bertz CT molecular complexity index is 444. The van der Waals surface area contributed by atoms with Crippen molar-refractivity contribution in [2.45, 2.75) is 31.6 Å². The number of ether oxygens (including phenoxy) is 1. The number of H-pyrrole nitrogens is 1. The summed E-state index contributed by atoms with van der Waals surface area (Å²) < 4.78 is 4.72. The van der Waals surface area contributed by atoms with E-state index in [9.17, 15) is 9.59 Å². The van der Waals surface area contributed by atoms with E-state index < -0.39 is 0 Å². The molecule has 1 fully saturated rings. The summed E-state index contributed by atoms with van der Waals surface area (Å²) in [6.07, 6.45) is 4.37. The monoisotopic (exact) mass is 221 g/mol. The molecule has 0 radical (unpaired) electrons. The molecule has 4 nitrogen and oxygen atoms in total. The number of aromatic nitrogens is 1. The molecule has 1 heterocycles. The molecular weight excluding hydrogens is 206 g/mol. The SMILES string of the molecule is COC(=O)c1ccc(=O)[nH]c1C1CCCC1. The molecular formula is C12H15NO3. The van der Waals surface area contributed by atoms with E-state index in [1.165, 1.54) is 13.2 Å². The Labute approximate surface area is 93.6 Å². The van der Waals surface area contributed by atoms with Crippen LogP contribution in [0.1, 0.15) is 47.7 Å². The maximum absolute atomic E-state index is 11.6. The van der Waals surface area contributed by atoms with E-state index in [0.29, 0.717) is 11.5 Å². The van der Waals surface area contributed by atoms with Crippen LogP contribution in [-0.4, -0.2) is 18.1 Å². The number of methoxy groups -OCH3 is 1. The largest absolute Gasteiger partial charge is 0.465 e. The molecule has 2 rings (SSSR count). The average Bonchev–Trinajstić information content (AvgIpc) is 2.81. The predicted octanol–water partition coefficient (Wildman–Crippen LogP) is 1.82. The second kappa shape index (κ2) is 4.51. The normalized spacial score (nSPS) is 16.3. The minimum absolute atomic E-state index is 0.158. The smallest absolute Gasteiger partial charge is 0.339 e. The van der Waals surface area contributed by atoms with Crippen molar-refractivity contribution in [3.05, 3.63) is 33.7 Å². The summed E-state index contributed by atoms with van der Waals surface area (Å²) in [7, 11) is 1.35. The highest BCUT2D eigenvalue weighted by Gasteiger charge is 2.23. The lowest BCUT2D eigenvalue weighted by atomic mass is 9.98. The molecule has 1 N–H and O–H groups in total. The Morgan fingerprint density at radius 1 is 1.38 bits per heavy atom. The van der Waals surface area contributed by atoms with Gasteiger partial charge in [0.15, 0.2) is 0 Å². The Kier molecular flexibility index (Phi) is 3.08. The number of aromatic amines is 1. The highest BCUT2D eigenvalue weighted by Crippen LogP contribution is 2.34. The summed E-state index contributed by atoms with van der Waals surface area (Å²) in [5, 5.41) is 0. The molecule has 1 aromatic heterocycles. The van der Waals surface area contributed by atoms with Crippen molar-refractivity contribution in [1.82, 2.24) is 4.98 Å². The topological polar surface area (TPSA) is 59.2 Å². The quantitative estimate of drug-likeness (QED) is 0.775. The molecule has 1 aliphatic rings. The number of hydrogen-bond acceptors (Lipinski definition) is 3. The fraction of sp³-hybridized carbons (Fsp3) is 0.500. The number of nitrogens with one attached hydrogen (secondary N) is 1. The summed E-state index contributed by atoms with van der Waals surface area (Å²) in [5.74, 6) is -0.0823. The number of hydrogen-bond donors (Lipinski definition) is 1. The van der Waals surface area contributed by atoms with Gasteiger partial charge in [-0.15, -0.1) is 0 Å². The molecule has 4 heteroatoms. The standard InChI is InChI=1S/C12H15NO3/c1-16-12(15)9-6-7-10(14)13-11(9)8-4-2-3-5-8/h6-8H,2-5H2,1H3,(H,13,14). The molecule has 1 saturated carbocycles. The molecule has 1 aromatic rings. The zero-order chi connectivity index (χ0) is 11.5. The zero-order valence-electron chi connectivity index (χ0n) is 9.29. The van der Waals surface area contributed by atoms with Gasteiger partial charge in [0.25, 0.3) is 0 Å². The van der Waals surface area contributed by atoms with Crippen LogP contribution in [0.15, 0.2) is 16.9 Å². The van der Waals surface area contributed by atoms with Crippen molar-refractivity contribution in [2.75, 3.05) is 7.11 Å². The molecule has 0 unspecified atom stereocenters. The van der Waals surface area contributed by atoms with E-state index in [-0.39, 0.29) is 11.5 Å². The maximum Gasteiger partial charge on any atom is 0.339 e. The average molecular weight is 221 g/mol. The van der Waals surface area contributed by atoms with Crippen molar-refractivity contribution >= 4 is 5.97 Å². The fourth-order valence-electron chi connectivity index (χ4n) is 2.31. The second-order valence-corrected chi connectivity index (χ2v) is 4.12. The van der Waals surface area contributed by atoms with Crippen LogP contribution >= 0.6 is 0 Å². The summed E-state index contributed by atoms with van der Waals surface area (Å²) in [4.78, 5) is 25.6. The molecule has 16 heavy (non-hydrogen) atoms. The Hall–Kier alpha value is -1.58. The van der Waals surface area contributed by atoms with E-state index in [0.717, 1.165) is 31.4 Å². The number of carbonyl (C=O) groups excluding carboxylic acids is 1. The number of esters is 1. The first-order valence-corrected chi connectivity index (χ1v) is 5.54. The van der Waals surface area contributed by atoms with E-state index in [1.54, 1.807) is 6.07 Å². The van der Waals surface area contributed by atoms with Gasteiger partial charge in [0.1, 0.15) is 0 Å². The first-order valence-electron chi connectivity index (χ1n) is 5.54. The molecule has 0 atom stereocenters. The zero-order valence-corrected chi connectivity index (χ0v) is 9.29. The first kappa shape index (κ1) is 10.9. The van der Waals surface area contributed by atoms with Crippen molar-refractivity contribution in [3.8, 4) is 0 Å². The van der Waals surface area contributed by atoms with Crippen LogP contribution < -0.4 is 5.56 Å². The van der Waals surface area contributed by atoms with Crippen molar-refractivity contribution < 1.29 is 9.53 Å². The van der Waals surface area contributed by atoms with Gasteiger partial charge in [-0.1, -0.05) is 12.8 Å². The van der Waals surface area contributed by atoms with Crippen LogP contribution in [0.2, 0.25) is 0 Å². The van der Waals surface area contributed by atoms with Crippen LogP contribution in [0.5, 0.6) is 0 Å². The minimum Gasteiger partial charge on any atom is -0.465 e. The fourth-order valence-corrected chi connectivity index (χ4v) is 2.31. The van der Waals surface area contributed by atoms with Crippen LogP contribution in [0.4, 0.5) is 0 Å². The van der Waals surface area contributed by atoms with Gasteiger partial charge >= 0.3 is 5.97 Å². The Balaban J connectivity index is 2.43. The summed E-state index contributed by atoms with van der Waals surface area (Å²) in [6, 6.07) is 2.92. The van der Waals surface area contributed by atoms with Crippen LogP contribution in [-0.2, 0) is 4.74 Å². The van der Waals surface area contributed by atoms with Gasteiger partial charge in [-0.05, 0) is 24.8 Å². The third-order valence-corrected chi connectivity index (χ3v) is 3.12. The minimum atomic E-state index is -0.377. The third kappa shape index (κ3) is 2.01. The van der Waals surface area contributed by atoms with Gasteiger partial charge < -0.3 is 9.72 Å². The molecule has 1 aliphatic carbocycles. The Morgan fingerprint density at radius 2 is 2.06 bits per heavy atom. The van der Waals surface area contributed by atoms with Gasteiger partial charge in [0.05, 0.1) is 12.7 Å². The highest BCUT2D eigenvalue weighted by atomic mass is 16.5. The van der Waals surface area contributed by atoms with E-state index in [4.69, 9.17) is 4.74 Å². The highest BCUT2D eigenvalue weighted by molar-refractivity contribution is 5.90. The number of pyridine rings is 1. The summed E-state index contributed by atoms with van der Waals surface area (Å²) in [5.41, 5.74) is 1.08. The molecule has 0 amide bonds. The van der Waals surface area contributed by atoms with Crippen LogP contribution in [0.25, 0.3) is 0 Å². The van der Waals surface area contributed by atoms with Gasteiger partial charge in [0.2, 0.25) is 5.56 Å². The van der Waals surface area contributed by atoms with Crippen molar-refractivity contribution in [3.63, 3.8) is 0 Å². The molecule has 0 aliphatic heterocycles. The van der Waals surface area contributed by atoms with Gasteiger partial charge in [-0.25, -0.2) is 4.79 Å². The van der Waals surface area contributed by atoms with E-state index >= 15 is 0 Å². The van der Waals surface area contributed by atoms with E-state index in [1.807, 2.05) is 0 Å². The predicted molar refractivity (Wildman–Crippen MR) is 59.6 cm³/mol. The molecule has 0 saturated heterocycles. The van der Waals surface area contributed by atoms with E-state index in [2.05, 4.69) is 4.98 Å². The molecule has 0 spiro atoms. The lowest BCUT2D eigenvalue weighted by Crippen LogP contribution is -2.16. The number of carbonyl (C=O) groups is 1. The second-order valence-electron chi connectivity index (χ2n) is 4.12. The summed E-state index contributed by atoms with van der Waals surface area (Å²) in [6.45, 7) is 0. The van der Waals surface area contributed by atoms with Gasteiger partial charge in [-0.2, -0.15) is 0 Å². The lowest BCUT2D eigenvalue weighted by molar-refractivity contribution is 0.0598. The van der Waals surface area contributed by atoms with Crippen LogP contribution in [0.3, 0.4) is 0 Å². The van der Waals surface area contributed by atoms with Crippen molar-refractivity contribution in [2.24, 2.45) is 0 Å². The summed E-state index contributed by atoms with van der Waals surface area (Å²) >= 11 is 0. The molecule has 0 aromatic carbocycles. The lowest BCUT2D eigenvalue weighted by Gasteiger charge is -2.12. The first-order chi connectivity index (χ1) is 7.72. The van der Waals surface area contributed by atoms with Gasteiger partial charge in [0, 0.05) is 11.8 Å². The third-order valence-electron chi connectivity index (χ3n) is 3.12. The Morgan fingerprint density at radius 3 is 2.69 bits per heavy atom. The molecule has 0 bridgehead atoms. The number of rotatable bonds is 2. The van der Waals surface area contributed by atoms with Gasteiger partial charge in [-0.3, -0.25) is 4.79 Å². The van der Waals surface area contributed by atoms with Crippen molar-refractivity contribution in [1.29, 1.82) is 0 Å². The maximum atomic E-state index is 11.6.